The van der Waals surface area contributed by atoms with E-state index in [0.717, 1.165) is 11.3 Å². The highest BCUT2D eigenvalue weighted by Crippen LogP contribution is 2.53. The van der Waals surface area contributed by atoms with E-state index in [4.69, 9.17) is 21.1 Å². The van der Waals surface area contributed by atoms with Gasteiger partial charge in [-0.3, -0.25) is 4.90 Å². The predicted octanol–water partition coefficient (Wildman–Crippen LogP) is 3.93. The van der Waals surface area contributed by atoms with Crippen LogP contribution in [-0.2, 0) is 0 Å². The van der Waals surface area contributed by atoms with Crippen LogP contribution in [0.25, 0.3) is 10.2 Å². The first-order valence-electron chi connectivity index (χ1n) is 7.79. The number of benzene rings is 1. The number of nitrogens with zero attached hydrogens (tertiary/aromatic N) is 3. The van der Waals surface area contributed by atoms with E-state index in [1.54, 1.807) is 12.1 Å². The molecule has 0 saturated carbocycles. The number of halogens is 1. The number of anilines is 3. The van der Waals surface area contributed by atoms with Crippen LogP contribution in [0.5, 0.6) is 11.5 Å². The van der Waals surface area contributed by atoms with Gasteiger partial charge in [-0.15, -0.1) is 11.3 Å². The molecule has 9 nitrogen and oxygen atoms in total. The van der Waals surface area contributed by atoms with Crippen LogP contribution in [-0.4, -0.2) is 28.9 Å². The lowest BCUT2D eigenvalue weighted by atomic mass is 10.1. The van der Waals surface area contributed by atoms with Crippen LogP contribution < -0.4 is 19.7 Å². The number of thiophene rings is 1. The third kappa shape index (κ3) is 2.08. The maximum Gasteiger partial charge on any atom is 0.348 e. The predicted molar refractivity (Wildman–Crippen MR) is 100 cm³/mol. The molecule has 11 heteroatoms. The van der Waals surface area contributed by atoms with Crippen molar-refractivity contribution in [3.05, 3.63) is 33.8 Å². The van der Waals surface area contributed by atoms with Gasteiger partial charge in [0, 0.05) is 6.20 Å². The zero-order valence-corrected chi connectivity index (χ0v) is 15.2. The first kappa shape index (κ1) is 16.6. The molecule has 0 spiro atoms. The Balaban J connectivity index is 1.89. The quantitative estimate of drug-likeness (QED) is 0.650. The van der Waals surface area contributed by atoms with Crippen molar-refractivity contribution in [2.45, 2.75) is 0 Å². The monoisotopic (exact) mass is 414 g/mol. The molecule has 0 bridgehead atoms. The summed E-state index contributed by atoms with van der Waals surface area (Å²) in [5.74, 6) is -0.543. The lowest BCUT2D eigenvalue weighted by Gasteiger charge is -2.30. The second kappa shape index (κ2) is 5.72. The van der Waals surface area contributed by atoms with Crippen molar-refractivity contribution in [2.24, 2.45) is 0 Å². The zero-order chi connectivity index (χ0) is 19.6. The van der Waals surface area contributed by atoms with Gasteiger partial charge < -0.3 is 19.9 Å². The fraction of sp³-hybridized carbons (Fsp3) is 0.0588. The zero-order valence-electron chi connectivity index (χ0n) is 13.6. The van der Waals surface area contributed by atoms with Gasteiger partial charge in [0.1, 0.15) is 21.5 Å². The van der Waals surface area contributed by atoms with Crippen LogP contribution in [0.4, 0.5) is 21.9 Å². The molecular formula is C17H7ClN4O5S. The topological polar surface area (TPSA) is 125 Å². The minimum absolute atomic E-state index is 0.0398. The summed E-state index contributed by atoms with van der Waals surface area (Å²) in [6.07, 6.45) is 1.30. The SMILES string of the molecule is N#Cc1cnc2sc(C(=O)O)c3c2c1N(c1c(Cl)ccc2c1OCO2)C(=O)N3. The van der Waals surface area contributed by atoms with Crippen molar-refractivity contribution in [3.63, 3.8) is 0 Å². The molecule has 2 N–H and O–H groups in total. The summed E-state index contributed by atoms with van der Waals surface area (Å²) >= 11 is 7.28. The lowest BCUT2D eigenvalue weighted by molar-refractivity contribution is 0.0703. The Hall–Kier alpha value is -3.55. The Bertz CT molecular complexity index is 1260. The number of aromatic nitrogens is 1. The largest absolute Gasteiger partial charge is 0.477 e. The molecule has 0 unspecified atom stereocenters. The minimum atomic E-state index is -1.20. The van der Waals surface area contributed by atoms with Crippen LogP contribution in [0.15, 0.2) is 18.3 Å². The molecule has 2 aromatic heterocycles. The molecule has 2 amide bonds. The molecular weight excluding hydrogens is 408 g/mol. The molecule has 1 aromatic carbocycles. The van der Waals surface area contributed by atoms with E-state index in [-0.39, 0.29) is 45.1 Å². The molecule has 5 rings (SSSR count). The number of pyridine rings is 1. The highest BCUT2D eigenvalue weighted by Gasteiger charge is 2.38. The number of nitriles is 1. The van der Waals surface area contributed by atoms with Crippen LogP contribution in [0.3, 0.4) is 0 Å². The third-order valence-electron chi connectivity index (χ3n) is 4.35. The number of carbonyl (C=O) groups is 2. The van der Waals surface area contributed by atoms with E-state index in [1.165, 1.54) is 11.1 Å². The number of nitrogens with one attached hydrogen (secondary N) is 1. The van der Waals surface area contributed by atoms with Gasteiger partial charge in [0.15, 0.2) is 11.5 Å². The van der Waals surface area contributed by atoms with Gasteiger partial charge in [-0.1, -0.05) is 11.6 Å². The molecule has 3 aromatic rings. The van der Waals surface area contributed by atoms with Crippen molar-refractivity contribution >= 4 is 62.2 Å². The van der Waals surface area contributed by atoms with Gasteiger partial charge in [0.2, 0.25) is 6.79 Å². The van der Waals surface area contributed by atoms with Gasteiger partial charge >= 0.3 is 12.0 Å². The number of rotatable bonds is 2. The Morgan fingerprint density at radius 2 is 2.21 bits per heavy atom. The number of ether oxygens (including phenoxy) is 2. The lowest BCUT2D eigenvalue weighted by Crippen LogP contribution is -2.35. The number of fused-ring (bicyclic) bond motifs is 1. The summed E-state index contributed by atoms with van der Waals surface area (Å²) in [4.78, 5) is 30.3. The third-order valence-corrected chi connectivity index (χ3v) is 5.74. The van der Waals surface area contributed by atoms with Gasteiger partial charge in [-0.25, -0.2) is 14.6 Å². The summed E-state index contributed by atoms with van der Waals surface area (Å²) in [5.41, 5.74) is 0.591. The van der Waals surface area contributed by atoms with Crippen LogP contribution in [0.2, 0.25) is 5.02 Å². The summed E-state index contributed by atoms with van der Waals surface area (Å²) in [6.45, 7) is -0.0398. The number of amides is 2. The molecule has 0 fully saturated rings. The first-order chi connectivity index (χ1) is 13.5. The minimum Gasteiger partial charge on any atom is -0.477 e. The smallest absolute Gasteiger partial charge is 0.348 e. The molecule has 0 radical (unpaired) electrons. The van der Waals surface area contributed by atoms with E-state index < -0.39 is 12.0 Å². The van der Waals surface area contributed by atoms with Gasteiger partial charge in [-0.05, 0) is 12.1 Å². The van der Waals surface area contributed by atoms with Crippen LogP contribution >= 0.6 is 22.9 Å². The van der Waals surface area contributed by atoms with Crippen molar-refractivity contribution in [1.82, 2.24) is 4.98 Å². The Kier molecular flexibility index (Phi) is 3.39. The average Bonchev–Trinajstić information content (AvgIpc) is 3.28. The van der Waals surface area contributed by atoms with Gasteiger partial charge in [0.05, 0.1) is 27.3 Å². The van der Waals surface area contributed by atoms with Gasteiger partial charge in [-0.2, -0.15) is 5.26 Å². The summed E-state index contributed by atoms with van der Waals surface area (Å²) in [7, 11) is 0. The van der Waals surface area contributed by atoms with E-state index in [0.29, 0.717) is 16.0 Å². The Labute approximate surface area is 165 Å². The van der Waals surface area contributed by atoms with Crippen molar-refractivity contribution in [3.8, 4) is 17.6 Å². The van der Waals surface area contributed by atoms with E-state index in [1.807, 2.05) is 6.07 Å². The van der Waals surface area contributed by atoms with Gasteiger partial charge in [0.25, 0.3) is 0 Å². The molecule has 2 aliphatic rings. The maximum atomic E-state index is 13.0. The normalized spacial score (nSPS) is 14.1. The Morgan fingerprint density at radius 1 is 1.39 bits per heavy atom. The van der Waals surface area contributed by atoms with Crippen LogP contribution in [0, 0.1) is 11.3 Å². The van der Waals surface area contributed by atoms with Crippen LogP contribution in [0.1, 0.15) is 15.2 Å². The number of hydrogen-bond donors (Lipinski definition) is 2. The highest BCUT2D eigenvalue weighted by atomic mass is 35.5. The summed E-state index contributed by atoms with van der Waals surface area (Å²) in [6, 6.07) is 4.49. The number of aromatic carboxylic acids is 1. The molecule has 2 aliphatic heterocycles. The van der Waals surface area contributed by atoms with E-state index in [9.17, 15) is 20.0 Å². The van der Waals surface area contributed by atoms with E-state index in [2.05, 4.69) is 10.3 Å². The second-order valence-electron chi connectivity index (χ2n) is 5.82. The average molecular weight is 415 g/mol. The highest BCUT2D eigenvalue weighted by molar-refractivity contribution is 7.21. The molecule has 0 atom stereocenters. The standard InChI is InChI=1S/C17H7ClN4O5S/c18-7-1-2-8-13(27-5-26-8)12(7)22-11-6(3-19)4-20-15-9(11)10(21-17(22)25)14(28-15)16(23)24/h1-2,4H,5H2,(H,21,25)(H,23,24). The van der Waals surface area contributed by atoms with Crippen molar-refractivity contribution in [2.75, 3.05) is 17.0 Å². The molecule has 4 heterocycles. The fourth-order valence-electron chi connectivity index (χ4n) is 3.25. The first-order valence-corrected chi connectivity index (χ1v) is 8.98. The molecule has 0 saturated heterocycles. The summed E-state index contributed by atoms with van der Waals surface area (Å²) < 4.78 is 10.9. The van der Waals surface area contributed by atoms with E-state index >= 15 is 0 Å². The van der Waals surface area contributed by atoms with Crippen molar-refractivity contribution in [1.29, 1.82) is 5.26 Å². The maximum absolute atomic E-state index is 13.0. The fourth-order valence-corrected chi connectivity index (χ4v) is 4.43. The number of hydrogen-bond acceptors (Lipinski definition) is 7. The number of carbonyl (C=O) groups excluding carboxylic acids is 1. The molecule has 0 aliphatic carbocycles. The summed E-state index contributed by atoms with van der Waals surface area (Å²) in [5, 5.41) is 22.2. The van der Waals surface area contributed by atoms with Crippen molar-refractivity contribution < 1.29 is 24.2 Å². The molecule has 28 heavy (non-hydrogen) atoms. The number of urea groups is 1. The Morgan fingerprint density at radius 3 is 2.96 bits per heavy atom. The number of carboxylic acid groups (broad SMARTS) is 1. The molecule has 138 valence electrons. The second-order valence-corrected chi connectivity index (χ2v) is 7.23. The number of carboxylic acids is 1.